The summed E-state index contributed by atoms with van der Waals surface area (Å²) in [6, 6.07) is 13.5. The average molecular weight is 426 g/mol. The maximum atomic E-state index is 13.7. The molecule has 0 saturated heterocycles. The van der Waals surface area contributed by atoms with E-state index in [4.69, 9.17) is 0 Å². The smallest absolute Gasteiger partial charge is 0.206 e. The maximum absolute atomic E-state index is 13.7. The molecule has 0 nitrogen and oxygen atoms in total. The lowest BCUT2D eigenvalue weighted by molar-refractivity contribution is -0.142. The fraction of sp³-hybridized carbons (Fsp3) is 0.231. The molecule has 0 radical (unpaired) electrons. The molecule has 3 aromatic carbocycles. The summed E-state index contributed by atoms with van der Waals surface area (Å²) in [5.41, 5.74) is 4.74. The number of hydrogen-bond acceptors (Lipinski definition) is 0. The Hall–Kier alpha value is -3.13. The van der Waals surface area contributed by atoms with Crippen LogP contribution in [0.1, 0.15) is 46.7 Å². The van der Waals surface area contributed by atoms with E-state index < -0.39 is 23.4 Å². The normalized spacial score (nSPS) is 12.6. The molecule has 1 aliphatic rings. The number of hydrogen-bond donors (Lipinski definition) is 0. The van der Waals surface area contributed by atoms with Gasteiger partial charge in [0.05, 0.1) is 0 Å². The zero-order chi connectivity index (χ0) is 22.2. The molecule has 0 aromatic heterocycles. The molecule has 0 heterocycles. The Labute approximate surface area is 177 Å². The van der Waals surface area contributed by atoms with Crippen LogP contribution in [0.3, 0.4) is 0 Å². The molecule has 0 unspecified atom stereocenters. The first-order valence-electron chi connectivity index (χ1n) is 10.1. The fourth-order valence-electron chi connectivity index (χ4n) is 4.03. The van der Waals surface area contributed by atoms with E-state index in [-0.39, 0.29) is 5.56 Å². The minimum atomic E-state index is -5.09. The van der Waals surface area contributed by atoms with Crippen molar-refractivity contribution in [1.29, 1.82) is 0 Å². The summed E-state index contributed by atoms with van der Waals surface area (Å²) in [7, 11) is 0. The van der Waals surface area contributed by atoms with Crippen molar-refractivity contribution in [3.8, 4) is 23.0 Å². The summed E-state index contributed by atoms with van der Waals surface area (Å²) < 4.78 is 65.6. The first-order valence-corrected chi connectivity index (χ1v) is 10.1. The highest BCUT2D eigenvalue weighted by atomic mass is 19.4. The van der Waals surface area contributed by atoms with Gasteiger partial charge in [-0.05, 0) is 71.3 Å². The van der Waals surface area contributed by atoms with Crippen molar-refractivity contribution in [2.24, 2.45) is 0 Å². The molecule has 1 aliphatic carbocycles. The van der Waals surface area contributed by atoms with Crippen LogP contribution in [-0.4, -0.2) is 0 Å². The molecule has 5 heteroatoms. The SMILES string of the molecule is CCCc1ccc2c(c1)CCc1cc(C#Cc3cc(F)c(C(F)(F)F)c(F)c3)ccc1-2. The molecule has 0 saturated carbocycles. The van der Waals surface area contributed by atoms with Crippen molar-refractivity contribution in [2.45, 2.75) is 38.8 Å². The molecule has 31 heavy (non-hydrogen) atoms. The van der Waals surface area contributed by atoms with Crippen LogP contribution < -0.4 is 0 Å². The molecular weight excluding hydrogens is 407 g/mol. The summed E-state index contributed by atoms with van der Waals surface area (Å²) >= 11 is 0. The van der Waals surface area contributed by atoms with Gasteiger partial charge in [0.1, 0.15) is 17.2 Å². The summed E-state index contributed by atoms with van der Waals surface area (Å²) in [5.74, 6) is 2.05. The van der Waals surface area contributed by atoms with Crippen molar-refractivity contribution in [1.82, 2.24) is 0 Å². The molecular formula is C26H19F5. The van der Waals surface area contributed by atoms with Crippen LogP contribution in [0.5, 0.6) is 0 Å². The van der Waals surface area contributed by atoms with Gasteiger partial charge in [-0.2, -0.15) is 13.2 Å². The summed E-state index contributed by atoms with van der Waals surface area (Å²) in [5, 5.41) is 0. The van der Waals surface area contributed by atoms with Gasteiger partial charge >= 0.3 is 6.18 Å². The molecule has 0 fully saturated rings. The number of halogens is 5. The summed E-state index contributed by atoms with van der Waals surface area (Å²) in [6.07, 6.45) is -1.15. The Balaban J connectivity index is 1.63. The van der Waals surface area contributed by atoms with E-state index in [2.05, 4.69) is 37.0 Å². The first-order chi connectivity index (χ1) is 14.8. The third-order valence-electron chi connectivity index (χ3n) is 5.44. The van der Waals surface area contributed by atoms with Crippen LogP contribution >= 0.6 is 0 Å². The average Bonchev–Trinajstić information content (AvgIpc) is 2.70. The number of fused-ring (bicyclic) bond motifs is 3. The molecule has 3 aromatic rings. The quantitative estimate of drug-likeness (QED) is 0.303. The van der Waals surface area contributed by atoms with E-state index in [9.17, 15) is 22.0 Å². The van der Waals surface area contributed by atoms with E-state index in [1.165, 1.54) is 16.7 Å². The highest BCUT2D eigenvalue weighted by molar-refractivity contribution is 5.74. The number of aryl methyl sites for hydroxylation is 3. The van der Waals surface area contributed by atoms with Crippen LogP contribution in [0.2, 0.25) is 0 Å². The van der Waals surface area contributed by atoms with E-state index in [0.717, 1.165) is 36.8 Å². The summed E-state index contributed by atoms with van der Waals surface area (Å²) in [6.45, 7) is 2.16. The van der Waals surface area contributed by atoms with Gasteiger partial charge in [-0.1, -0.05) is 49.5 Å². The molecule has 0 spiro atoms. The van der Waals surface area contributed by atoms with Crippen molar-refractivity contribution < 1.29 is 22.0 Å². The Bertz CT molecular complexity index is 1190. The van der Waals surface area contributed by atoms with E-state index in [1.807, 2.05) is 18.2 Å². The minimum Gasteiger partial charge on any atom is -0.206 e. The largest absolute Gasteiger partial charge is 0.422 e. The van der Waals surface area contributed by atoms with Crippen molar-refractivity contribution in [3.05, 3.63) is 93.5 Å². The van der Waals surface area contributed by atoms with Crippen molar-refractivity contribution in [3.63, 3.8) is 0 Å². The predicted octanol–water partition coefficient (Wildman–Crippen LogP) is 7.10. The zero-order valence-electron chi connectivity index (χ0n) is 16.8. The topological polar surface area (TPSA) is 0 Å². The van der Waals surface area contributed by atoms with Gasteiger partial charge in [0.15, 0.2) is 0 Å². The molecule has 0 N–H and O–H groups in total. The Kier molecular flexibility index (Phi) is 5.58. The third-order valence-corrected chi connectivity index (χ3v) is 5.44. The zero-order valence-corrected chi connectivity index (χ0v) is 16.8. The standard InChI is InChI=1S/C26H19F5/c1-2-3-16-6-10-21-19(12-16)8-9-20-13-17(7-11-22(20)21)4-5-18-14-23(27)25(24(28)15-18)26(29,30)31/h6-7,10-15H,2-3,8-9H2,1H3. The van der Waals surface area contributed by atoms with Gasteiger partial charge in [-0.15, -0.1) is 0 Å². The molecule has 158 valence electrons. The molecule has 0 amide bonds. The van der Waals surface area contributed by atoms with Gasteiger partial charge < -0.3 is 0 Å². The highest BCUT2D eigenvalue weighted by Gasteiger charge is 2.37. The monoisotopic (exact) mass is 426 g/mol. The van der Waals surface area contributed by atoms with E-state index in [1.54, 1.807) is 0 Å². The van der Waals surface area contributed by atoms with Crippen LogP contribution in [0.15, 0.2) is 48.5 Å². The van der Waals surface area contributed by atoms with Crippen LogP contribution in [-0.2, 0) is 25.4 Å². The van der Waals surface area contributed by atoms with Gasteiger partial charge in [0, 0.05) is 11.1 Å². The Morgan fingerprint density at radius 1 is 0.774 bits per heavy atom. The van der Waals surface area contributed by atoms with Crippen LogP contribution in [0.25, 0.3) is 11.1 Å². The van der Waals surface area contributed by atoms with Gasteiger partial charge in [0.25, 0.3) is 0 Å². The Morgan fingerprint density at radius 2 is 1.35 bits per heavy atom. The molecule has 0 bridgehead atoms. The van der Waals surface area contributed by atoms with Crippen LogP contribution in [0.4, 0.5) is 22.0 Å². The van der Waals surface area contributed by atoms with Crippen molar-refractivity contribution >= 4 is 0 Å². The summed E-state index contributed by atoms with van der Waals surface area (Å²) in [4.78, 5) is 0. The first kappa shape index (κ1) is 21.1. The molecule has 0 atom stereocenters. The fourth-order valence-corrected chi connectivity index (χ4v) is 4.03. The number of benzene rings is 3. The van der Waals surface area contributed by atoms with Crippen LogP contribution in [0, 0.1) is 23.5 Å². The van der Waals surface area contributed by atoms with Gasteiger partial charge in [0.2, 0.25) is 0 Å². The number of rotatable bonds is 2. The second kappa shape index (κ2) is 8.19. The molecule has 0 aliphatic heterocycles. The molecule has 4 rings (SSSR count). The number of alkyl halides is 3. The second-order valence-electron chi connectivity index (χ2n) is 7.68. The minimum absolute atomic E-state index is 0.144. The lowest BCUT2D eigenvalue weighted by Crippen LogP contribution is -2.11. The lowest BCUT2D eigenvalue weighted by Gasteiger charge is -2.21. The van der Waals surface area contributed by atoms with E-state index in [0.29, 0.717) is 17.7 Å². The predicted molar refractivity (Wildman–Crippen MR) is 111 cm³/mol. The van der Waals surface area contributed by atoms with Gasteiger partial charge in [-0.3, -0.25) is 0 Å². The second-order valence-corrected chi connectivity index (χ2v) is 7.68. The lowest BCUT2D eigenvalue weighted by atomic mass is 9.84. The highest BCUT2D eigenvalue weighted by Crippen LogP contribution is 2.35. The van der Waals surface area contributed by atoms with E-state index >= 15 is 0 Å². The Morgan fingerprint density at radius 3 is 1.97 bits per heavy atom. The third kappa shape index (κ3) is 4.34. The maximum Gasteiger partial charge on any atom is 0.422 e. The van der Waals surface area contributed by atoms with Gasteiger partial charge in [-0.25, -0.2) is 8.78 Å². The van der Waals surface area contributed by atoms with Crippen molar-refractivity contribution in [2.75, 3.05) is 0 Å².